The molecule has 3 aromatic rings. The van der Waals surface area contributed by atoms with Crippen LogP contribution in [0.2, 0.25) is 0 Å². The number of nitrogens with zero attached hydrogens (tertiary/aromatic N) is 2. The maximum atomic E-state index is 12.7. The van der Waals surface area contributed by atoms with Crippen molar-refractivity contribution < 1.29 is 9.59 Å². The van der Waals surface area contributed by atoms with Crippen molar-refractivity contribution in [3.63, 3.8) is 0 Å². The van der Waals surface area contributed by atoms with Gasteiger partial charge in [0.25, 0.3) is 11.5 Å². The Morgan fingerprint density at radius 2 is 1.81 bits per heavy atom. The van der Waals surface area contributed by atoms with Crippen LogP contribution in [0.25, 0.3) is 11.0 Å². The van der Waals surface area contributed by atoms with Crippen molar-refractivity contribution in [3.8, 4) is 0 Å². The number of aromatic nitrogens is 2. The van der Waals surface area contributed by atoms with Gasteiger partial charge in [-0.15, -0.1) is 0 Å². The van der Waals surface area contributed by atoms with E-state index in [0.717, 1.165) is 0 Å². The van der Waals surface area contributed by atoms with Gasteiger partial charge in [0.2, 0.25) is 5.91 Å². The molecule has 0 atom stereocenters. The Bertz CT molecular complexity index is 1060. The van der Waals surface area contributed by atoms with Gasteiger partial charge in [-0.1, -0.05) is 6.07 Å². The molecule has 132 valence electrons. The van der Waals surface area contributed by atoms with Gasteiger partial charge in [0, 0.05) is 36.4 Å². The number of carbonyl (C=O) groups excluding carboxylic acids is 2. The summed E-state index contributed by atoms with van der Waals surface area (Å²) in [6, 6.07) is 11.8. The predicted octanol–water partition coefficient (Wildman–Crippen LogP) is 2.63. The lowest BCUT2D eigenvalue weighted by atomic mass is 10.2. The van der Waals surface area contributed by atoms with E-state index in [1.165, 1.54) is 11.5 Å². The lowest BCUT2D eigenvalue weighted by molar-refractivity contribution is -0.114. The van der Waals surface area contributed by atoms with Crippen LogP contribution in [0.4, 0.5) is 11.4 Å². The van der Waals surface area contributed by atoms with Crippen molar-refractivity contribution in [3.05, 3.63) is 64.6 Å². The summed E-state index contributed by atoms with van der Waals surface area (Å²) in [6.07, 6.45) is 1.61. The molecule has 0 aliphatic carbocycles. The Morgan fingerprint density at radius 3 is 2.50 bits per heavy atom. The van der Waals surface area contributed by atoms with Crippen molar-refractivity contribution in [2.24, 2.45) is 0 Å². The molecule has 0 unspecified atom stereocenters. The minimum atomic E-state index is -0.511. The second kappa shape index (κ2) is 7.18. The number of hydrogen-bond acceptors (Lipinski definition) is 4. The Balaban J connectivity index is 1.97. The monoisotopic (exact) mass is 350 g/mol. The summed E-state index contributed by atoms with van der Waals surface area (Å²) in [6.45, 7) is 3.64. The largest absolute Gasteiger partial charge is 0.326 e. The molecule has 7 nitrogen and oxygen atoms in total. The highest BCUT2D eigenvalue weighted by atomic mass is 16.2. The van der Waals surface area contributed by atoms with Gasteiger partial charge in [0.1, 0.15) is 11.2 Å². The fraction of sp³-hybridized carbons (Fsp3) is 0.158. The number of anilines is 2. The van der Waals surface area contributed by atoms with Gasteiger partial charge in [0.15, 0.2) is 0 Å². The third-order valence-corrected chi connectivity index (χ3v) is 3.85. The van der Waals surface area contributed by atoms with Crippen LogP contribution in [0.3, 0.4) is 0 Å². The zero-order valence-corrected chi connectivity index (χ0v) is 14.4. The fourth-order valence-electron chi connectivity index (χ4n) is 2.74. The average Bonchev–Trinajstić information content (AvgIpc) is 2.61. The molecule has 2 N–H and O–H groups in total. The van der Waals surface area contributed by atoms with Gasteiger partial charge in [-0.3, -0.25) is 19.0 Å². The number of nitrogens with one attached hydrogen (secondary N) is 2. The topological polar surface area (TPSA) is 93.1 Å². The number of hydrogen-bond donors (Lipinski definition) is 2. The first-order chi connectivity index (χ1) is 12.5. The van der Waals surface area contributed by atoms with Gasteiger partial charge in [-0.05, 0) is 43.3 Å². The molecular weight excluding hydrogens is 332 g/mol. The molecule has 0 aliphatic rings. The molecule has 26 heavy (non-hydrogen) atoms. The third-order valence-electron chi connectivity index (χ3n) is 3.85. The maximum Gasteiger partial charge on any atom is 0.265 e. The molecule has 0 aliphatic heterocycles. The number of pyridine rings is 2. The van der Waals surface area contributed by atoms with E-state index in [0.29, 0.717) is 29.0 Å². The molecule has 1 aromatic carbocycles. The Hall–Kier alpha value is -3.48. The lowest BCUT2D eigenvalue weighted by Crippen LogP contribution is -2.29. The van der Waals surface area contributed by atoms with Crippen LogP contribution in [0.15, 0.2) is 53.5 Å². The molecule has 0 saturated carbocycles. The summed E-state index contributed by atoms with van der Waals surface area (Å²) in [5.74, 6) is -0.718. The summed E-state index contributed by atoms with van der Waals surface area (Å²) < 4.78 is 1.47. The Kier molecular flexibility index (Phi) is 4.79. The number of carbonyl (C=O) groups is 2. The van der Waals surface area contributed by atoms with Gasteiger partial charge < -0.3 is 10.6 Å². The number of aryl methyl sites for hydroxylation is 1. The second-order valence-corrected chi connectivity index (χ2v) is 5.74. The van der Waals surface area contributed by atoms with Crippen LogP contribution in [-0.4, -0.2) is 21.4 Å². The molecule has 0 spiro atoms. The normalized spacial score (nSPS) is 10.5. The molecule has 0 saturated heterocycles. The van der Waals surface area contributed by atoms with Crippen LogP contribution in [0, 0.1) is 0 Å². The van der Waals surface area contributed by atoms with Crippen LogP contribution in [-0.2, 0) is 11.3 Å². The van der Waals surface area contributed by atoms with E-state index < -0.39 is 11.5 Å². The molecule has 0 radical (unpaired) electrons. The molecule has 3 rings (SSSR count). The van der Waals surface area contributed by atoms with Gasteiger partial charge >= 0.3 is 0 Å². The first-order valence-corrected chi connectivity index (χ1v) is 8.17. The quantitative estimate of drug-likeness (QED) is 0.756. The molecule has 0 fully saturated rings. The highest BCUT2D eigenvalue weighted by Crippen LogP contribution is 2.17. The van der Waals surface area contributed by atoms with Crippen LogP contribution in [0.1, 0.15) is 24.2 Å². The van der Waals surface area contributed by atoms with E-state index in [9.17, 15) is 14.4 Å². The van der Waals surface area contributed by atoms with E-state index in [-0.39, 0.29) is 11.5 Å². The first-order valence-electron chi connectivity index (χ1n) is 8.17. The molecule has 2 aromatic heterocycles. The third kappa shape index (κ3) is 3.46. The van der Waals surface area contributed by atoms with Crippen molar-refractivity contribution in [2.75, 3.05) is 10.6 Å². The predicted molar refractivity (Wildman–Crippen MR) is 100 cm³/mol. The van der Waals surface area contributed by atoms with Crippen molar-refractivity contribution in [2.45, 2.75) is 20.4 Å². The Labute approximate surface area is 149 Å². The first kappa shape index (κ1) is 17.3. The maximum absolute atomic E-state index is 12.7. The standard InChI is InChI=1S/C19H18N4O3/c1-3-23-17-13(6-5-9-20-17)10-16(19(23)26)18(25)22-15-8-4-7-14(11-15)21-12(2)24/h4-11H,3H2,1-2H3,(H,21,24)(H,22,25). The highest BCUT2D eigenvalue weighted by molar-refractivity contribution is 6.06. The molecular formula is C19H18N4O3. The Morgan fingerprint density at radius 1 is 1.08 bits per heavy atom. The lowest BCUT2D eigenvalue weighted by Gasteiger charge is -2.11. The van der Waals surface area contributed by atoms with Crippen molar-refractivity contribution >= 4 is 34.2 Å². The van der Waals surface area contributed by atoms with E-state index in [1.54, 1.807) is 42.6 Å². The SMILES string of the molecule is CCn1c(=O)c(C(=O)Nc2cccc(NC(C)=O)c2)cc2cccnc21. The van der Waals surface area contributed by atoms with Crippen LogP contribution in [0.5, 0.6) is 0 Å². The van der Waals surface area contributed by atoms with Crippen LogP contribution >= 0.6 is 0 Å². The number of benzene rings is 1. The molecule has 0 bridgehead atoms. The van der Waals surface area contributed by atoms with E-state index in [1.807, 2.05) is 13.0 Å². The van der Waals surface area contributed by atoms with Crippen LogP contribution < -0.4 is 16.2 Å². The summed E-state index contributed by atoms with van der Waals surface area (Å²) in [4.78, 5) is 40.7. The van der Waals surface area contributed by atoms with E-state index in [4.69, 9.17) is 0 Å². The molecule has 2 amide bonds. The summed E-state index contributed by atoms with van der Waals surface area (Å²) in [7, 11) is 0. The zero-order chi connectivity index (χ0) is 18.7. The smallest absolute Gasteiger partial charge is 0.265 e. The van der Waals surface area contributed by atoms with Gasteiger partial charge in [-0.25, -0.2) is 4.98 Å². The van der Waals surface area contributed by atoms with E-state index >= 15 is 0 Å². The minimum Gasteiger partial charge on any atom is -0.326 e. The second-order valence-electron chi connectivity index (χ2n) is 5.74. The zero-order valence-electron chi connectivity index (χ0n) is 14.4. The average molecular weight is 350 g/mol. The molecule has 7 heteroatoms. The summed E-state index contributed by atoms with van der Waals surface area (Å²) >= 11 is 0. The fourth-order valence-corrected chi connectivity index (χ4v) is 2.74. The minimum absolute atomic E-state index is 0.0391. The molecule has 2 heterocycles. The van der Waals surface area contributed by atoms with Gasteiger partial charge in [-0.2, -0.15) is 0 Å². The summed E-state index contributed by atoms with van der Waals surface area (Å²) in [5, 5.41) is 6.07. The van der Waals surface area contributed by atoms with Gasteiger partial charge in [0.05, 0.1) is 0 Å². The number of amides is 2. The number of rotatable bonds is 4. The summed E-state index contributed by atoms with van der Waals surface area (Å²) in [5.41, 5.74) is 1.23. The van der Waals surface area contributed by atoms with Crippen molar-refractivity contribution in [1.82, 2.24) is 9.55 Å². The van der Waals surface area contributed by atoms with Crippen molar-refractivity contribution in [1.29, 1.82) is 0 Å². The number of fused-ring (bicyclic) bond motifs is 1. The highest BCUT2D eigenvalue weighted by Gasteiger charge is 2.16. The van der Waals surface area contributed by atoms with E-state index in [2.05, 4.69) is 15.6 Å².